The van der Waals surface area contributed by atoms with E-state index in [4.69, 9.17) is 9.97 Å². The highest BCUT2D eigenvalue weighted by molar-refractivity contribution is 9.10. The molecule has 9 aromatic carbocycles. The summed E-state index contributed by atoms with van der Waals surface area (Å²) in [5.74, 6) is 0. The third-order valence-corrected chi connectivity index (χ3v) is 13.1. The molecule has 11 aromatic rings. The maximum absolute atomic E-state index is 5.20. The van der Waals surface area contributed by atoms with Gasteiger partial charge in [-0.2, -0.15) is 0 Å². The summed E-state index contributed by atoms with van der Waals surface area (Å²) in [5.41, 5.74) is 14.1. The van der Waals surface area contributed by atoms with Gasteiger partial charge in [-0.3, -0.25) is 9.97 Å². The molecule has 0 fully saturated rings. The maximum Gasteiger partial charge on any atom is 0.0965 e. The van der Waals surface area contributed by atoms with Crippen LogP contribution in [0.25, 0.3) is 98.3 Å². The van der Waals surface area contributed by atoms with Gasteiger partial charge in [-0.15, -0.1) is 0 Å². The van der Waals surface area contributed by atoms with Gasteiger partial charge in [0.15, 0.2) is 0 Å². The van der Waals surface area contributed by atoms with E-state index in [0.717, 1.165) is 31.8 Å². The van der Waals surface area contributed by atoms with Crippen LogP contribution in [0.15, 0.2) is 181 Å². The van der Waals surface area contributed by atoms with Gasteiger partial charge in [-0.1, -0.05) is 109 Å². The SMILES string of the molecule is Brc1cnc2c(ccc3cc(-c4c5c(cc6ccccc46)C4(c6cc7ccccc7cc6-c6cc7ccccc7cc64)c4cc6ccccc6cc4-5)cnc32)c1. The Bertz CT molecular complexity index is 3480. The quantitative estimate of drug-likeness (QED) is 0.155. The molecule has 13 rings (SSSR count). The van der Waals surface area contributed by atoms with Gasteiger partial charge in [0.1, 0.15) is 0 Å². The van der Waals surface area contributed by atoms with E-state index in [2.05, 4.69) is 186 Å². The van der Waals surface area contributed by atoms with Gasteiger partial charge in [-0.05, 0) is 164 Å². The summed E-state index contributed by atoms with van der Waals surface area (Å²) in [5, 5.41) is 12.1. The predicted octanol–water partition coefficient (Wildman–Crippen LogP) is 14.2. The Morgan fingerprint density at radius 3 is 1.39 bits per heavy atom. The van der Waals surface area contributed by atoms with Crippen molar-refractivity contribution in [3.8, 4) is 33.4 Å². The lowest BCUT2D eigenvalue weighted by Crippen LogP contribution is -2.26. The Morgan fingerprint density at radius 2 is 0.804 bits per heavy atom. The first-order valence-corrected chi connectivity index (χ1v) is 19.9. The van der Waals surface area contributed by atoms with Gasteiger partial charge in [0, 0.05) is 33.2 Å². The molecule has 0 unspecified atom stereocenters. The van der Waals surface area contributed by atoms with Crippen LogP contribution in [0.1, 0.15) is 22.3 Å². The lowest BCUT2D eigenvalue weighted by Gasteiger charge is -2.31. The van der Waals surface area contributed by atoms with E-state index in [1.54, 1.807) is 0 Å². The van der Waals surface area contributed by atoms with Gasteiger partial charge >= 0.3 is 0 Å². The third kappa shape index (κ3) is 3.95. The second-order valence-corrected chi connectivity index (χ2v) is 16.4. The number of fused-ring (bicyclic) bond motifs is 17. The summed E-state index contributed by atoms with van der Waals surface area (Å²) < 4.78 is 0.962. The molecule has 2 heterocycles. The number of hydrogen-bond acceptors (Lipinski definition) is 2. The number of halogens is 1. The number of nitrogens with zero attached hydrogens (tertiary/aromatic N) is 2. The van der Waals surface area contributed by atoms with Crippen molar-refractivity contribution in [1.29, 1.82) is 0 Å². The zero-order valence-electron chi connectivity index (χ0n) is 30.0. The molecule has 2 aliphatic rings. The zero-order valence-corrected chi connectivity index (χ0v) is 31.6. The van der Waals surface area contributed by atoms with Crippen molar-refractivity contribution in [2.75, 3.05) is 0 Å². The van der Waals surface area contributed by atoms with Crippen molar-refractivity contribution in [2.24, 2.45) is 0 Å². The standard InChI is InChI=1S/C53H29BrN2/c54-40-20-38-18-17-37-19-39(28-55-51(37)52(38)56-29-40)49-41-16-8-7-15-36(41)27-48-50(49)44-23-32-11-3-6-14-35(32)26-47(44)53(48)45-24-33-12-4-1-9-30(33)21-42(45)43-22-31-10-2-5-13-34(31)25-46(43)53/h1-29H. The van der Waals surface area contributed by atoms with Gasteiger partial charge < -0.3 is 0 Å². The van der Waals surface area contributed by atoms with Gasteiger partial charge in [0.2, 0.25) is 0 Å². The first-order valence-electron chi connectivity index (χ1n) is 19.1. The largest absolute Gasteiger partial charge is 0.253 e. The van der Waals surface area contributed by atoms with E-state index < -0.39 is 5.41 Å². The second-order valence-electron chi connectivity index (χ2n) is 15.5. The van der Waals surface area contributed by atoms with E-state index in [-0.39, 0.29) is 0 Å². The first-order chi connectivity index (χ1) is 27.6. The minimum Gasteiger partial charge on any atom is -0.253 e. The molecule has 0 aliphatic heterocycles. The molecular formula is C53H29BrN2. The topological polar surface area (TPSA) is 25.8 Å². The minimum atomic E-state index is -0.552. The van der Waals surface area contributed by atoms with E-state index in [0.29, 0.717) is 0 Å². The maximum atomic E-state index is 5.20. The average molecular weight is 774 g/mol. The van der Waals surface area contributed by atoms with Crippen LogP contribution in [0.4, 0.5) is 0 Å². The van der Waals surface area contributed by atoms with Crippen LogP contribution < -0.4 is 0 Å². The van der Waals surface area contributed by atoms with Crippen molar-refractivity contribution in [3.05, 3.63) is 203 Å². The second kappa shape index (κ2) is 11.0. The number of hydrogen-bond donors (Lipinski definition) is 0. The average Bonchev–Trinajstić information content (AvgIpc) is 3.67. The van der Waals surface area contributed by atoms with Gasteiger partial charge in [0.25, 0.3) is 0 Å². The monoisotopic (exact) mass is 772 g/mol. The van der Waals surface area contributed by atoms with Crippen LogP contribution in [-0.4, -0.2) is 9.97 Å². The Balaban J connectivity index is 1.23. The molecule has 3 heteroatoms. The number of benzene rings is 9. The van der Waals surface area contributed by atoms with E-state index >= 15 is 0 Å². The molecule has 2 nitrogen and oxygen atoms in total. The Hall–Kier alpha value is -6.68. The lowest BCUT2D eigenvalue weighted by atomic mass is 9.69. The smallest absolute Gasteiger partial charge is 0.0965 e. The number of aromatic nitrogens is 2. The molecule has 2 aromatic heterocycles. The number of pyridine rings is 2. The number of rotatable bonds is 1. The molecule has 2 aliphatic carbocycles. The van der Waals surface area contributed by atoms with Gasteiger partial charge in [-0.25, -0.2) is 0 Å². The van der Waals surface area contributed by atoms with Crippen LogP contribution in [0.3, 0.4) is 0 Å². The molecule has 0 radical (unpaired) electrons. The van der Waals surface area contributed by atoms with Crippen molar-refractivity contribution >= 4 is 80.8 Å². The third-order valence-electron chi connectivity index (χ3n) is 12.6. The highest BCUT2D eigenvalue weighted by Gasteiger charge is 2.53. The summed E-state index contributed by atoms with van der Waals surface area (Å²) >= 11 is 3.60. The molecule has 0 atom stereocenters. The summed E-state index contributed by atoms with van der Waals surface area (Å²) in [6.07, 6.45) is 3.94. The molecule has 56 heavy (non-hydrogen) atoms. The van der Waals surface area contributed by atoms with Crippen molar-refractivity contribution in [1.82, 2.24) is 9.97 Å². The van der Waals surface area contributed by atoms with Crippen molar-refractivity contribution in [3.63, 3.8) is 0 Å². The fourth-order valence-electron chi connectivity index (χ4n) is 10.3. The van der Waals surface area contributed by atoms with Crippen LogP contribution in [-0.2, 0) is 5.41 Å². The molecule has 1 spiro atoms. The van der Waals surface area contributed by atoms with E-state index in [1.807, 2.05) is 6.20 Å². The fraction of sp³-hybridized carbons (Fsp3) is 0.0189. The molecule has 0 N–H and O–H groups in total. The normalized spacial score (nSPS) is 13.6. The van der Waals surface area contributed by atoms with E-state index in [1.165, 1.54) is 93.2 Å². The Kier molecular flexibility index (Phi) is 6.00. The van der Waals surface area contributed by atoms with Crippen LogP contribution in [0.2, 0.25) is 0 Å². The fourth-order valence-corrected chi connectivity index (χ4v) is 10.6. The summed E-state index contributed by atoms with van der Waals surface area (Å²) in [7, 11) is 0. The molecule has 258 valence electrons. The predicted molar refractivity (Wildman–Crippen MR) is 237 cm³/mol. The van der Waals surface area contributed by atoms with Crippen LogP contribution in [0, 0.1) is 0 Å². The summed E-state index contributed by atoms with van der Waals surface area (Å²) in [6.45, 7) is 0. The van der Waals surface area contributed by atoms with E-state index in [9.17, 15) is 0 Å². The molecule has 0 bridgehead atoms. The molecule has 0 saturated carbocycles. The highest BCUT2D eigenvalue weighted by atomic mass is 79.9. The van der Waals surface area contributed by atoms with Crippen molar-refractivity contribution in [2.45, 2.75) is 5.41 Å². The summed E-state index contributed by atoms with van der Waals surface area (Å²) in [6, 6.07) is 61.6. The van der Waals surface area contributed by atoms with Gasteiger partial charge in [0.05, 0.1) is 16.4 Å². The summed E-state index contributed by atoms with van der Waals surface area (Å²) in [4.78, 5) is 10.0. The Labute approximate surface area is 330 Å². The minimum absolute atomic E-state index is 0.552. The zero-order chi connectivity index (χ0) is 36.7. The first kappa shape index (κ1) is 30.6. The molecular weight excluding hydrogens is 745 g/mol. The van der Waals surface area contributed by atoms with Crippen LogP contribution in [0.5, 0.6) is 0 Å². The Morgan fingerprint density at radius 1 is 0.357 bits per heavy atom. The lowest BCUT2D eigenvalue weighted by molar-refractivity contribution is 0.799. The highest BCUT2D eigenvalue weighted by Crippen LogP contribution is 2.66. The van der Waals surface area contributed by atoms with Crippen molar-refractivity contribution < 1.29 is 0 Å². The van der Waals surface area contributed by atoms with Crippen LogP contribution >= 0.6 is 15.9 Å². The molecule has 0 saturated heterocycles. The molecule has 0 amide bonds.